The summed E-state index contributed by atoms with van der Waals surface area (Å²) in [6.07, 6.45) is 5.06. The van der Waals surface area contributed by atoms with Crippen molar-refractivity contribution in [1.29, 1.82) is 0 Å². The number of nitrogens with one attached hydrogen (secondary N) is 1. The van der Waals surface area contributed by atoms with Crippen LogP contribution in [-0.4, -0.2) is 56.8 Å². The van der Waals surface area contributed by atoms with Crippen molar-refractivity contribution >= 4 is 17.2 Å². The van der Waals surface area contributed by atoms with Crippen molar-refractivity contribution < 1.29 is 4.79 Å². The van der Waals surface area contributed by atoms with Gasteiger partial charge in [-0.1, -0.05) is 0 Å². The second-order valence-electron chi connectivity index (χ2n) is 7.47. The van der Waals surface area contributed by atoms with Crippen LogP contribution in [0, 0.1) is 12.3 Å². The summed E-state index contributed by atoms with van der Waals surface area (Å²) in [5, 5.41) is 3.17. The zero-order valence-electron chi connectivity index (χ0n) is 15.1. The Hall–Kier alpha value is -2.06. The monoisotopic (exact) mass is 373 g/mol. The molecule has 1 saturated heterocycles. The molecule has 1 atom stereocenters. The number of aromatic amines is 1. The maximum Gasteiger partial charge on any atom is 0.345 e. The summed E-state index contributed by atoms with van der Waals surface area (Å²) in [4.78, 5) is 39.2. The van der Waals surface area contributed by atoms with Gasteiger partial charge in [-0.25, -0.2) is 9.78 Å². The molecule has 1 amide bonds. The lowest BCUT2D eigenvalue weighted by molar-refractivity contribution is 0.0651. The van der Waals surface area contributed by atoms with Crippen molar-refractivity contribution in [2.45, 2.75) is 38.8 Å². The fraction of sp³-hybridized carbons (Fsp3) is 0.556. The highest BCUT2D eigenvalue weighted by Gasteiger charge is 2.56. The normalized spacial score (nSPS) is 21.3. The lowest BCUT2D eigenvalue weighted by atomic mass is 9.92. The van der Waals surface area contributed by atoms with E-state index in [9.17, 15) is 9.59 Å². The molecule has 2 aromatic rings. The average Bonchev–Trinajstić information content (AvgIpc) is 3.05. The van der Waals surface area contributed by atoms with Gasteiger partial charge >= 0.3 is 5.69 Å². The standard InChI is InChI=1S/C18H23N5O2S/c1-12-9-13(21-17(25)20-12)16(24)23-6-3-18(4-7-23)10-14(18)22(2)11-15-19-5-8-26-15/h5,8-9,14H,3-4,6-7,10-11H2,1-2H3,(H,20,21,25)/t14-/m1/s1. The van der Waals surface area contributed by atoms with E-state index in [1.165, 1.54) is 6.42 Å². The molecule has 1 N–H and O–H groups in total. The maximum absolute atomic E-state index is 12.7. The molecule has 4 rings (SSSR count). The van der Waals surface area contributed by atoms with E-state index in [0.29, 0.717) is 17.2 Å². The topological polar surface area (TPSA) is 82.2 Å². The molecule has 0 bridgehead atoms. The van der Waals surface area contributed by atoms with E-state index in [2.05, 4.69) is 26.9 Å². The summed E-state index contributed by atoms with van der Waals surface area (Å²) in [5.74, 6) is -0.137. The Bertz CT molecular complexity index is 855. The minimum Gasteiger partial charge on any atom is -0.337 e. The summed E-state index contributed by atoms with van der Waals surface area (Å²) in [6, 6.07) is 2.22. The van der Waals surface area contributed by atoms with E-state index in [1.54, 1.807) is 24.3 Å². The molecule has 2 fully saturated rings. The number of aromatic nitrogens is 3. The Balaban J connectivity index is 1.36. The molecule has 8 heteroatoms. The van der Waals surface area contributed by atoms with E-state index in [-0.39, 0.29) is 11.6 Å². The highest BCUT2D eigenvalue weighted by Crippen LogP contribution is 2.56. The Kier molecular flexibility index (Phi) is 4.40. The van der Waals surface area contributed by atoms with E-state index < -0.39 is 5.69 Å². The third kappa shape index (κ3) is 3.31. The average molecular weight is 373 g/mol. The molecule has 7 nitrogen and oxygen atoms in total. The van der Waals surface area contributed by atoms with E-state index in [1.807, 2.05) is 16.5 Å². The van der Waals surface area contributed by atoms with Crippen molar-refractivity contribution in [1.82, 2.24) is 24.8 Å². The van der Waals surface area contributed by atoms with Crippen LogP contribution in [-0.2, 0) is 6.54 Å². The molecular formula is C18H23N5O2S. The van der Waals surface area contributed by atoms with Gasteiger partial charge in [0.25, 0.3) is 5.91 Å². The van der Waals surface area contributed by atoms with Gasteiger partial charge in [0, 0.05) is 36.4 Å². The van der Waals surface area contributed by atoms with Gasteiger partial charge in [0.15, 0.2) is 0 Å². The highest BCUT2D eigenvalue weighted by atomic mass is 32.1. The van der Waals surface area contributed by atoms with Gasteiger partial charge in [-0.15, -0.1) is 11.3 Å². The number of carbonyl (C=O) groups excluding carboxylic acids is 1. The zero-order chi connectivity index (χ0) is 18.3. The number of amides is 1. The van der Waals surface area contributed by atoms with Gasteiger partial charge in [0.2, 0.25) is 0 Å². The fourth-order valence-electron chi connectivity index (χ4n) is 4.15. The highest BCUT2D eigenvalue weighted by molar-refractivity contribution is 7.09. The maximum atomic E-state index is 12.7. The van der Waals surface area contributed by atoms with Crippen LogP contribution in [0.25, 0.3) is 0 Å². The van der Waals surface area contributed by atoms with Crippen molar-refractivity contribution in [2.24, 2.45) is 5.41 Å². The Morgan fingerprint density at radius 1 is 1.46 bits per heavy atom. The minimum atomic E-state index is -0.465. The first kappa shape index (κ1) is 17.4. The first-order valence-electron chi connectivity index (χ1n) is 8.93. The number of hydrogen-bond acceptors (Lipinski definition) is 6. The number of piperidine rings is 1. The summed E-state index contributed by atoms with van der Waals surface area (Å²) in [7, 11) is 2.17. The van der Waals surface area contributed by atoms with Crippen molar-refractivity contribution in [3.8, 4) is 0 Å². The number of aryl methyl sites for hydroxylation is 1. The van der Waals surface area contributed by atoms with Crippen molar-refractivity contribution in [2.75, 3.05) is 20.1 Å². The lowest BCUT2D eigenvalue weighted by Gasteiger charge is -2.34. The Labute approximate surface area is 156 Å². The number of H-pyrrole nitrogens is 1. The number of likely N-dealkylation sites (tertiary alicyclic amines) is 1. The molecule has 0 radical (unpaired) electrons. The van der Waals surface area contributed by atoms with Crippen LogP contribution in [0.1, 0.15) is 40.5 Å². The van der Waals surface area contributed by atoms with Gasteiger partial charge in [-0.3, -0.25) is 9.69 Å². The van der Waals surface area contributed by atoms with Crippen LogP contribution in [0.2, 0.25) is 0 Å². The molecule has 2 aliphatic rings. The van der Waals surface area contributed by atoms with Crippen molar-refractivity contribution in [3.63, 3.8) is 0 Å². The molecule has 26 heavy (non-hydrogen) atoms. The van der Waals surface area contributed by atoms with Gasteiger partial charge in [0.05, 0.1) is 6.54 Å². The van der Waals surface area contributed by atoms with Gasteiger partial charge in [-0.05, 0) is 44.7 Å². The van der Waals surface area contributed by atoms with Crippen LogP contribution < -0.4 is 5.69 Å². The fourth-order valence-corrected chi connectivity index (χ4v) is 4.83. The second kappa shape index (κ2) is 6.59. The number of rotatable bonds is 4. The molecule has 1 spiro atoms. The van der Waals surface area contributed by atoms with Gasteiger partial charge in [0.1, 0.15) is 10.7 Å². The molecular weight excluding hydrogens is 350 g/mol. The third-order valence-electron chi connectivity index (χ3n) is 5.69. The van der Waals surface area contributed by atoms with E-state index >= 15 is 0 Å². The minimum absolute atomic E-state index is 0.137. The Morgan fingerprint density at radius 3 is 2.88 bits per heavy atom. The van der Waals surface area contributed by atoms with Crippen LogP contribution in [0.3, 0.4) is 0 Å². The summed E-state index contributed by atoms with van der Waals surface area (Å²) in [5.41, 5.74) is 0.775. The smallest absolute Gasteiger partial charge is 0.337 e. The SMILES string of the molecule is Cc1cc(C(=O)N2CCC3(CC2)C[C@H]3N(C)Cc2nccs2)nc(=O)[nH]1. The predicted octanol–water partition coefficient (Wildman–Crippen LogP) is 1.66. The lowest BCUT2D eigenvalue weighted by Crippen LogP contribution is -2.42. The molecule has 138 valence electrons. The largest absolute Gasteiger partial charge is 0.345 e. The van der Waals surface area contributed by atoms with Crippen LogP contribution in [0.5, 0.6) is 0 Å². The number of nitrogens with zero attached hydrogens (tertiary/aromatic N) is 4. The Morgan fingerprint density at radius 2 is 2.23 bits per heavy atom. The molecule has 3 heterocycles. The zero-order valence-corrected chi connectivity index (χ0v) is 15.9. The third-order valence-corrected chi connectivity index (χ3v) is 6.46. The first-order valence-corrected chi connectivity index (χ1v) is 9.81. The van der Waals surface area contributed by atoms with E-state index in [4.69, 9.17) is 0 Å². The van der Waals surface area contributed by atoms with Crippen molar-refractivity contribution in [3.05, 3.63) is 44.5 Å². The van der Waals surface area contributed by atoms with Crippen LogP contribution >= 0.6 is 11.3 Å². The number of hydrogen-bond donors (Lipinski definition) is 1. The summed E-state index contributed by atoms with van der Waals surface area (Å²) >= 11 is 1.70. The van der Waals surface area contributed by atoms with Crippen LogP contribution in [0.4, 0.5) is 0 Å². The predicted molar refractivity (Wildman–Crippen MR) is 99.2 cm³/mol. The van der Waals surface area contributed by atoms with E-state index in [0.717, 1.165) is 37.5 Å². The first-order chi connectivity index (χ1) is 12.5. The van der Waals surface area contributed by atoms with Crippen LogP contribution in [0.15, 0.2) is 22.4 Å². The number of thiazole rings is 1. The van der Waals surface area contributed by atoms with Gasteiger partial charge in [-0.2, -0.15) is 4.98 Å². The molecule has 1 aliphatic carbocycles. The summed E-state index contributed by atoms with van der Waals surface area (Å²) in [6.45, 7) is 4.11. The number of carbonyl (C=O) groups is 1. The molecule has 1 aliphatic heterocycles. The quantitative estimate of drug-likeness (QED) is 0.881. The van der Waals surface area contributed by atoms with Gasteiger partial charge < -0.3 is 9.88 Å². The molecule has 0 unspecified atom stereocenters. The molecule has 0 aromatic carbocycles. The molecule has 2 aromatic heterocycles. The summed E-state index contributed by atoms with van der Waals surface area (Å²) < 4.78 is 0. The second-order valence-corrected chi connectivity index (χ2v) is 8.45. The molecule has 1 saturated carbocycles.